The molecular weight excluding hydrogens is 303 g/mol. The Morgan fingerprint density at radius 1 is 0.850 bits per heavy atom. The summed E-state index contributed by atoms with van der Waals surface area (Å²) in [5.41, 5.74) is -1.04. The molecule has 0 aliphatic heterocycles. The molecule has 7 heteroatoms. The van der Waals surface area contributed by atoms with Crippen LogP contribution in [0.3, 0.4) is 0 Å². The smallest absolute Gasteiger partial charge is 0.200 e. The van der Waals surface area contributed by atoms with E-state index in [1.54, 1.807) is 0 Å². The molecule has 0 atom stereocenters. The fraction of sp³-hybridized carbons (Fsp3) is 0.0769. The quantitative estimate of drug-likeness (QED) is 0.457. The van der Waals surface area contributed by atoms with Crippen molar-refractivity contribution in [2.45, 2.75) is 6.61 Å². The van der Waals surface area contributed by atoms with Crippen LogP contribution in [-0.2, 0) is 6.61 Å². The van der Waals surface area contributed by atoms with E-state index < -0.39 is 41.3 Å². The molecule has 2 aromatic carbocycles. The van der Waals surface area contributed by atoms with Crippen molar-refractivity contribution in [3.05, 3.63) is 63.9 Å². The first-order chi connectivity index (χ1) is 9.41. The third kappa shape index (κ3) is 2.70. The molecule has 0 spiro atoms. The minimum Gasteiger partial charge on any atom is -0.489 e. The lowest BCUT2D eigenvalue weighted by atomic mass is 10.2. The summed E-state index contributed by atoms with van der Waals surface area (Å²) in [7, 11) is 0. The zero-order valence-electron chi connectivity index (χ0n) is 9.69. The van der Waals surface area contributed by atoms with Crippen LogP contribution in [0.4, 0.5) is 22.0 Å². The van der Waals surface area contributed by atoms with E-state index in [0.29, 0.717) is 5.02 Å². The van der Waals surface area contributed by atoms with E-state index in [4.69, 9.17) is 16.3 Å². The normalized spacial score (nSPS) is 10.7. The Morgan fingerprint density at radius 2 is 1.40 bits per heavy atom. The highest BCUT2D eigenvalue weighted by molar-refractivity contribution is 6.30. The average molecular weight is 309 g/mol. The Hall–Kier alpha value is -1.82. The maximum absolute atomic E-state index is 13.4. The molecule has 2 aromatic rings. The van der Waals surface area contributed by atoms with Crippen molar-refractivity contribution in [1.82, 2.24) is 0 Å². The highest BCUT2D eigenvalue weighted by Crippen LogP contribution is 2.25. The van der Waals surface area contributed by atoms with E-state index in [-0.39, 0.29) is 5.75 Å². The average Bonchev–Trinajstić information content (AvgIpc) is 2.43. The summed E-state index contributed by atoms with van der Waals surface area (Å²) in [6.45, 7) is -0.813. The Balaban J connectivity index is 2.30. The van der Waals surface area contributed by atoms with Crippen LogP contribution in [0.1, 0.15) is 5.56 Å². The summed E-state index contributed by atoms with van der Waals surface area (Å²) in [6, 6.07) is 5.81. The number of halogens is 6. The van der Waals surface area contributed by atoms with Crippen LogP contribution in [0.25, 0.3) is 0 Å². The summed E-state index contributed by atoms with van der Waals surface area (Å²) in [4.78, 5) is 0. The molecule has 0 aliphatic rings. The van der Waals surface area contributed by atoms with Crippen molar-refractivity contribution in [2.24, 2.45) is 0 Å². The fourth-order valence-corrected chi connectivity index (χ4v) is 1.67. The van der Waals surface area contributed by atoms with Gasteiger partial charge in [-0.3, -0.25) is 0 Å². The standard InChI is InChI=1S/C13H6ClF5O/c14-6-2-1-3-7(4-6)20-5-8-9(15)11(17)13(19)12(18)10(8)16/h1-4H,5H2. The van der Waals surface area contributed by atoms with Crippen molar-refractivity contribution >= 4 is 11.6 Å². The van der Waals surface area contributed by atoms with E-state index >= 15 is 0 Å². The summed E-state index contributed by atoms with van der Waals surface area (Å²) in [5, 5.41) is 0.305. The van der Waals surface area contributed by atoms with Gasteiger partial charge in [0.25, 0.3) is 0 Å². The highest BCUT2D eigenvalue weighted by Gasteiger charge is 2.25. The van der Waals surface area contributed by atoms with Gasteiger partial charge < -0.3 is 4.74 Å². The Labute approximate surface area is 115 Å². The summed E-state index contributed by atoms with van der Waals surface area (Å²) in [5.74, 6) is -9.90. The van der Waals surface area contributed by atoms with Gasteiger partial charge in [0, 0.05) is 5.02 Å². The molecule has 106 valence electrons. The Morgan fingerprint density at radius 3 is 1.95 bits per heavy atom. The van der Waals surface area contributed by atoms with Gasteiger partial charge in [-0.1, -0.05) is 17.7 Å². The Kier molecular flexibility index (Phi) is 4.13. The predicted octanol–water partition coefficient (Wildman–Crippen LogP) is 4.61. The van der Waals surface area contributed by atoms with E-state index in [1.165, 1.54) is 24.3 Å². The van der Waals surface area contributed by atoms with Gasteiger partial charge in [-0.15, -0.1) is 0 Å². The molecule has 0 aliphatic carbocycles. The molecule has 0 N–H and O–H groups in total. The zero-order valence-corrected chi connectivity index (χ0v) is 10.4. The molecule has 0 heterocycles. The van der Waals surface area contributed by atoms with E-state index in [2.05, 4.69) is 0 Å². The minimum absolute atomic E-state index is 0.140. The molecule has 0 amide bonds. The predicted molar refractivity (Wildman–Crippen MR) is 62.0 cm³/mol. The largest absolute Gasteiger partial charge is 0.489 e. The fourth-order valence-electron chi connectivity index (χ4n) is 1.49. The second-order valence-electron chi connectivity index (χ2n) is 3.79. The van der Waals surface area contributed by atoms with Crippen LogP contribution in [0.15, 0.2) is 24.3 Å². The molecule has 0 fully saturated rings. The monoisotopic (exact) mass is 308 g/mol. The van der Waals surface area contributed by atoms with Crippen molar-refractivity contribution in [1.29, 1.82) is 0 Å². The lowest BCUT2D eigenvalue weighted by Crippen LogP contribution is -2.09. The van der Waals surface area contributed by atoms with Gasteiger partial charge in [-0.05, 0) is 18.2 Å². The first-order valence-corrected chi connectivity index (χ1v) is 5.68. The summed E-state index contributed by atoms with van der Waals surface area (Å²) < 4.78 is 70.4. The van der Waals surface area contributed by atoms with Crippen LogP contribution in [0, 0.1) is 29.1 Å². The van der Waals surface area contributed by atoms with Crippen LogP contribution in [0.5, 0.6) is 5.75 Å². The summed E-state index contributed by atoms with van der Waals surface area (Å²) >= 11 is 5.66. The molecule has 0 saturated heterocycles. The number of benzene rings is 2. The van der Waals surface area contributed by atoms with Gasteiger partial charge in [0.2, 0.25) is 5.82 Å². The lowest BCUT2D eigenvalue weighted by Gasteiger charge is -2.10. The van der Waals surface area contributed by atoms with Gasteiger partial charge >= 0.3 is 0 Å². The molecule has 0 aromatic heterocycles. The molecule has 1 nitrogen and oxygen atoms in total. The second kappa shape index (κ2) is 5.66. The van der Waals surface area contributed by atoms with Crippen LogP contribution in [-0.4, -0.2) is 0 Å². The number of hydrogen-bond donors (Lipinski definition) is 0. The number of ether oxygens (including phenoxy) is 1. The minimum atomic E-state index is -2.20. The number of rotatable bonds is 3. The van der Waals surface area contributed by atoms with Crippen molar-refractivity contribution in [3.8, 4) is 5.75 Å². The highest BCUT2D eigenvalue weighted by atomic mass is 35.5. The van der Waals surface area contributed by atoms with E-state index in [9.17, 15) is 22.0 Å². The maximum Gasteiger partial charge on any atom is 0.200 e. The maximum atomic E-state index is 13.4. The lowest BCUT2D eigenvalue weighted by molar-refractivity contribution is 0.279. The van der Waals surface area contributed by atoms with Gasteiger partial charge in [-0.2, -0.15) is 0 Å². The molecular formula is C13H6ClF5O. The Bertz CT molecular complexity index is 630. The van der Waals surface area contributed by atoms with Gasteiger partial charge in [0.15, 0.2) is 23.3 Å². The van der Waals surface area contributed by atoms with Crippen LogP contribution < -0.4 is 4.74 Å². The van der Waals surface area contributed by atoms with Crippen LogP contribution >= 0.6 is 11.6 Å². The number of hydrogen-bond acceptors (Lipinski definition) is 1. The van der Waals surface area contributed by atoms with Gasteiger partial charge in [-0.25, -0.2) is 22.0 Å². The topological polar surface area (TPSA) is 9.23 Å². The van der Waals surface area contributed by atoms with Gasteiger partial charge in [0.1, 0.15) is 12.4 Å². The van der Waals surface area contributed by atoms with Crippen molar-refractivity contribution < 1.29 is 26.7 Å². The molecule has 2 rings (SSSR count). The first-order valence-electron chi connectivity index (χ1n) is 5.30. The zero-order chi connectivity index (χ0) is 14.9. The molecule has 0 unspecified atom stereocenters. The molecule has 0 radical (unpaired) electrons. The first kappa shape index (κ1) is 14.6. The SMILES string of the molecule is Fc1c(F)c(F)c(COc2cccc(Cl)c2)c(F)c1F. The molecule has 0 bridgehead atoms. The van der Waals surface area contributed by atoms with Crippen molar-refractivity contribution in [2.75, 3.05) is 0 Å². The third-order valence-corrected chi connectivity index (χ3v) is 2.72. The summed E-state index contributed by atoms with van der Waals surface area (Å²) in [6.07, 6.45) is 0. The second-order valence-corrected chi connectivity index (χ2v) is 4.23. The van der Waals surface area contributed by atoms with Crippen molar-refractivity contribution in [3.63, 3.8) is 0 Å². The third-order valence-electron chi connectivity index (χ3n) is 2.48. The van der Waals surface area contributed by atoms with Crippen LogP contribution in [0.2, 0.25) is 5.02 Å². The van der Waals surface area contributed by atoms with Gasteiger partial charge in [0.05, 0.1) is 5.56 Å². The molecule has 0 saturated carbocycles. The van der Waals surface area contributed by atoms with E-state index in [0.717, 1.165) is 0 Å². The molecule has 20 heavy (non-hydrogen) atoms. The van der Waals surface area contributed by atoms with E-state index in [1.807, 2.05) is 0 Å².